The molecular weight excluding hydrogens is 600 g/mol. The van der Waals surface area contributed by atoms with Gasteiger partial charge in [0.2, 0.25) is 11.8 Å². The fourth-order valence-electron chi connectivity index (χ4n) is 4.46. The second kappa shape index (κ2) is 13.8. The molecule has 218 valence electrons. The molecule has 0 heterocycles. The number of nitrogens with one attached hydrogen (secondary N) is 1. The molecule has 1 atom stereocenters. The van der Waals surface area contributed by atoms with Crippen LogP contribution >= 0.6 is 23.2 Å². The summed E-state index contributed by atoms with van der Waals surface area (Å²) in [7, 11) is -2.88. The van der Waals surface area contributed by atoms with Crippen molar-refractivity contribution in [3.63, 3.8) is 0 Å². The zero-order valence-corrected chi connectivity index (χ0v) is 24.9. The third-order valence-electron chi connectivity index (χ3n) is 6.56. The van der Waals surface area contributed by atoms with Gasteiger partial charge in [0, 0.05) is 35.6 Å². The summed E-state index contributed by atoms with van der Waals surface area (Å²) < 4.78 is 43.5. The Morgan fingerprint density at radius 3 is 2.02 bits per heavy atom. The fraction of sp³-hybridized carbons (Fsp3) is 0.161. The van der Waals surface area contributed by atoms with Crippen molar-refractivity contribution >= 4 is 50.7 Å². The van der Waals surface area contributed by atoms with Gasteiger partial charge in [-0.3, -0.25) is 13.9 Å². The maximum atomic E-state index is 14.8. The maximum absolute atomic E-state index is 14.8. The predicted molar refractivity (Wildman–Crippen MR) is 162 cm³/mol. The molecule has 0 aliphatic carbocycles. The Morgan fingerprint density at radius 1 is 0.857 bits per heavy atom. The average Bonchev–Trinajstić information content (AvgIpc) is 2.98. The molecule has 0 aromatic heterocycles. The van der Waals surface area contributed by atoms with E-state index in [1.165, 1.54) is 60.5 Å². The van der Waals surface area contributed by atoms with Gasteiger partial charge in [0.15, 0.2) is 0 Å². The Balaban J connectivity index is 1.81. The highest BCUT2D eigenvalue weighted by Gasteiger charge is 2.34. The summed E-state index contributed by atoms with van der Waals surface area (Å²) in [6, 6.07) is 25.6. The number of hydrogen-bond donors (Lipinski definition) is 1. The number of hydrogen-bond acceptors (Lipinski definition) is 4. The van der Waals surface area contributed by atoms with Crippen LogP contribution in [0.1, 0.15) is 11.1 Å². The van der Waals surface area contributed by atoms with Gasteiger partial charge in [-0.15, -0.1) is 0 Å². The van der Waals surface area contributed by atoms with Crippen molar-refractivity contribution in [2.75, 3.05) is 17.9 Å². The van der Waals surface area contributed by atoms with Crippen molar-refractivity contribution in [3.05, 3.63) is 130 Å². The Bertz CT molecular complexity index is 1640. The summed E-state index contributed by atoms with van der Waals surface area (Å²) >= 11 is 12.4. The Morgan fingerprint density at radius 2 is 1.43 bits per heavy atom. The standard InChI is InChI=1S/C31H28Cl2FN3O4S/c1-35-31(39)29(16-22-10-4-2-5-11-22)36(20-23-12-8-9-15-28(23)34)30(38)21-37(26-18-24(32)17-25(33)19-26)42(40,41)27-13-6-3-7-14-27/h2-15,17-19,29H,16,20-21H2,1H3,(H,35,39)/t29-/m0/s1. The lowest BCUT2D eigenvalue weighted by Crippen LogP contribution is -2.53. The van der Waals surface area contributed by atoms with E-state index >= 15 is 0 Å². The first-order chi connectivity index (χ1) is 20.1. The van der Waals surface area contributed by atoms with Gasteiger partial charge in [-0.25, -0.2) is 12.8 Å². The summed E-state index contributed by atoms with van der Waals surface area (Å²) in [6.07, 6.45) is 0.106. The average molecular weight is 629 g/mol. The monoisotopic (exact) mass is 627 g/mol. The van der Waals surface area contributed by atoms with E-state index in [0.29, 0.717) is 0 Å². The van der Waals surface area contributed by atoms with E-state index in [0.717, 1.165) is 9.87 Å². The molecule has 7 nitrogen and oxygen atoms in total. The highest BCUT2D eigenvalue weighted by molar-refractivity contribution is 7.92. The molecule has 0 saturated carbocycles. The van der Waals surface area contributed by atoms with Crippen LogP contribution in [0.15, 0.2) is 108 Å². The van der Waals surface area contributed by atoms with Gasteiger partial charge in [0.1, 0.15) is 18.4 Å². The molecule has 11 heteroatoms. The highest BCUT2D eigenvalue weighted by Crippen LogP contribution is 2.30. The van der Waals surface area contributed by atoms with Crippen LogP contribution in [0, 0.1) is 5.82 Å². The lowest BCUT2D eigenvalue weighted by atomic mass is 10.0. The van der Waals surface area contributed by atoms with Crippen LogP contribution in [-0.4, -0.2) is 44.8 Å². The van der Waals surface area contributed by atoms with Crippen molar-refractivity contribution in [2.45, 2.75) is 23.9 Å². The predicted octanol–water partition coefficient (Wildman–Crippen LogP) is 5.71. The lowest BCUT2D eigenvalue weighted by molar-refractivity contribution is -0.139. The molecule has 0 spiro atoms. The summed E-state index contributed by atoms with van der Waals surface area (Å²) in [5.41, 5.74) is 0.971. The summed E-state index contributed by atoms with van der Waals surface area (Å²) in [4.78, 5) is 28.6. The Labute approximate surface area is 254 Å². The van der Waals surface area contributed by atoms with Crippen molar-refractivity contribution in [2.24, 2.45) is 0 Å². The SMILES string of the molecule is CNC(=O)[C@H](Cc1ccccc1)N(Cc1ccccc1F)C(=O)CN(c1cc(Cl)cc(Cl)c1)S(=O)(=O)c1ccccc1. The minimum atomic E-state index is -4.31. The zero-order chi connectivity index (χ0) is 30.3. The summed E-state index contributed by atoms with van der Waals surface area (Å²) in [5.74, 6) is -1.80. The molecule has 0 aliphatic heterocycles. The van der Waals surface area contributed by atoms with Gasteiger partial charge in [-0.2, -0.15) is 0 Å². The lowest BCUT2D eigenvalue weighted by Gasteiger charge is -2.33. The third kappa shape index (κ3) is 7.47. The first-order valence-corrected chi connectivity index (χ1v) is 15.1. The van der Waals surface area contributed by atoms with Crippen molar-refractivity contribution in [1.82, 2.24) is 10.2 Å². The molecular formula is C31H28Cl2FN3O4S. The molecule has 0 aliphatic rings. The molecule has 4 aromatic rings. The van der Waals surface area contributed by atoms with E-state index in [1.54, 1.807) is 36.4 Å². The van der Waals surface area contributed by atoms with Gasteiger partial charge < -0.3 is 10.2 Å². The summed E-state index contributed by atoms with van der Waals surface area (Å²) in [6.45, 7) is -1.00. The Hall–Kier alpha value is -3.92. The number of rotatable bonds is 11. The minimum absolute atomic E-state index is 0.0510. The van der Waals surface area contributed by atoms with Crippen LogP contribution in [-0.2, 0) is 32.6 Å². The number of benzene rings is 4. The van der Waals surface area contributed by atoms with Crippen LogP contribution in [0.3, 0.4) is 0 Å². The molecule has 0 saturated heterocycles. The molecule has 0 fully saturated rings. The van der Waals surface area contributed by atoms with Gasteiger partial charge in [-0.1, -0.05) is 89.9 Å². The second-order valence-electron chi connectivity index (χ2n) is 9.39. The molecule has 1 N–H and O–H groups in total. The molecule has 0 radical (unpaired) electrons. The number of anilines is 1. The van der Waals surface area contributed by atoms with Crippen molar-refractivity contribution in [3.8, 4) is 0 Å². The number of carbonyl (C=O) groups is 2. The molecule has 4 aromatic carbocycles. The van der Waals surface area contributed by atoms with E-state index in [1.807, 2.05) is 18.2 Å². The number of nitrogens with zero attached hydrogens (tertiary/aromatic N) is 2. The first-order valence-electron chi connectivity index (χ1n) is 12.9. The number of sulfonamides is 1. The van der Waals surface area contributed by atoms with Gasteiger partial charge >= 0.3 is 0 Å². The third-order valence-corrected chi connectivity index (χ3v) is 8.79. The molecule has 2 amide bonds. The largest absolute Gasteiger partial charge is 0.357 e. The van der Waals surface area contributed by atoms with Crippen LogP contribution in [0.2, 0.25) is 10.0 Å². The van der Waals surface area contributed by atoms with E-state index in [4.69, 9.17) is 23.2 Å². The second-order valence-corrected chi connectivity index (χ2v) is 12.1. The van der Waals surface area contributed by atoms with E-state index < -0.39 is 40.2 Å². The smallest absolute Gasteiger partial charge is 0.264 e. The minimum Gasteiger partial charge on any atom is -0.357 e. The zero-order valence-electron chi connectivity index (χ0n) is 22.6. The van der Waals surface area contributed by atoms with Crippen molar-refractivity contribution in [1.29, 1.82) is 0 Å². The Kier molecular flexibility index (Phi) is 10.2. The topological polar surface area (TPSA) is 86.8 Å². The molecule has 0 unspecified atom stereocenters. The highest BCUT2D eigenvalue weighted by atomic mass is 35.5. The number of amides is 2. The van der Waals surface area contributed by atoms with Crippen molar-refractivity contribution < 1.29 is 22.4 Å². The summed E-state index contributed by atoms with van der Waals surface area (Å²) in [5, 5.41) is 2.91. The normalized spacial score (nSPS) is 11.9. The van der Waals surface area contributed by atoms with Crippen LogP contribution in [0.4, 0.5) is 10.1 Å². The number of likely N-dealkylation sites (N-methyl/N-ethyl adjacent to an activating group) is 1. The first kappa shape index (κ1) is 31.0. The van der Waals surface area contributed by atoms with Crippen LogP contribution in [0.25, 0.3) is 0 Å². The van der Waals surface area contributed by atoms with Gasteiger partial charge in [-0.05, 0) is 42.0 Å². The molecule has 4 rings (SSSR count). The van der Waals surface area contributed by atoms with Crippen LogP contribution in [0.5, 0.6) is 0 Å². The molecule has 42 heavy (non-hydrogen) atoms. The quantitative estimate of drug-likeness (QED) is 0.231. The molecule has 0 bridgehead atoms. The van der Waals surface area contributed by atoms with Gasteiger partial charge in [0.05, 0.1) is 10.6 Å². The maximum Gasteiger partial charge on any atom is 0.264 e. The fourth-order valence-corrected chi connectivity index (χ4v) is 6.40. The van der Waals surface area contributed by atoms with E-state index in [2.05, 4.69) is 5.32 Å². The van der Waals surface area contributed by atoms with Crippen LogP contribution < -0.4 is 9.62 Å². The van der Waals surface area contributed by atoms with Gasteiger partial charge in [0.25, 0.3) is 10.0 Å². The number of carbonyl (C=O) groups excluding carboxylic acids is 2. The van der Waals surface area contributed by atoms with E-state index in [9.17, 15) is 22.4 Å². The van der Waals surface area contributed by atoms with E-state index in [-0.39, 0.29) is 39.2 Å². The number of halogens is 3.